The Morgan fingerprint density at radius 1 is 1.05 bits per heavy atom. The highest BCUT2D eigenvalue weighted by molar-refractivity contribution is 9.10. The summed E-state index contributed by atoms with van der Waals surface area (Å²) < 4.78 is 7.03. The summed E-state index contributed by atoms with van der Waals surface area (Å²) in [5.41, 5.74) is 8.56. The van der Waals surface area contributed by atoms with Gasteiger partial charge in [0.1, 0.15) is 12.4 Å². The van der Waals surface area contributed by atoms with Crippen molar-refractivity contribution < 1.29 is 4.74 Å². The average Bonchev–Trinajstić information content (AvgIpc) is 2.52. The molecular formula is C17H15BrN2O. The van der Waals surface area contributed by atoms with Gasteiger partial charge in [-0.25, -0.2) is 0 Å². The molecule has 0 atom stereocenters. The summed E-state index contributed by atoms with van der Waals surface area (Å²) in [5, 5.41) is 1.00. The molecule has 0 unspecified atom stereocenters. The molecule has 0 aliphatic heterocycles. The molecule has 2 N–H and O–H groups in total. The molecule has 0 radical (unpaired) electrons. The Bertz CT molecular complexity index is 774. The zero-order chi connectivity index (χ0) is 14.7. The normalized spacial score (nSPS) is 10.8. The predicted octanol–water partition coefficient (Wildman–Crippen LogP) is 4.04. The zero-order valence-electron chi connectivity index (χ0n) is 11.4. The SMILES string of the molecule is NCc1cc(OCc2cccc(Br)c2)c2ccccc2n1. The fraction of sp³-hybridized carbons (Fsp3) is 0.118. The Hall–Kier alpha value is -1.91. The van der Waals surface area contributed by atoms with Crippen molar-refractivity contribution >= 4 is 26.8 Å². The number of ether oxygens (including phenoxy) is 1. The van der Waals surface area contributed by atoms with E-state index in [1.807, 2.05) is 54.6 Å². The lowest BCUT2D eigenvalue weighted by Crippen LogP contribution is -2.02. The molecule has 0 saturated carbocycles. The lowest BCUT2D eigenvalue weighted by molar-refractivity contribution is 0.309. The van der Waals surface area contributed by atoms with E-state index in [0.29, 0.717) is 13.2 Å². The number of hydrogen-bond acceptors (Lipinski definition) is 3. The summed E-state index contributed by atoms with van der Waals surface area (Å²) in [4.78, 5) is 4.51. The average molecular weight is 343 g/mol. The Morgan fingerprint density at radius 3 is 2.71 bits per heavy atom. The van der Waals surface area contributed by atoms with Crippen LogP contribution in [0.3, 0.4) is 0 Å². The fourth-order valence-electron chi connectivity index (χ4n) is 2.21. The van der Waals surface area contributed by atoms with Gasteiger partial charge in [0.25, 0.3) is 0 Å². The number of pyridine rings is 1. The number of hydrogen-bond donors (Lipinski definition) is 1. The van der Waals surface area contributed by atoms with Gasteiger partial charge in [0, 0.05) is 22.5 Å². The summed E-state index contributed by atoms with van der Waals surface area (Å²) in [6.45, 7) is 0.912. The van der Waals surface area contributed by atoms with E-state index < -0.39 is 0 Å². The first kappa shape index (κ1) is 14.0. The van der Waals surface area contributed by atoms with E-state index >= 15 is 0 Å². The van der Waals surface area contributed by atoms with E-state index in [1.54, 1.807) is 0 Å². The monoisotopic (exact) mass is 342 g/mol. The van der Waals surface area contributed by atoms with E-state index in [1.165, 1.54) is 0 Å². The topological polar surface area (TPSA) is 48.1 Å². The quantitative estimate of drug-likeness (QED) is 0.778. The molecule has 0 aliphatic rings. The minimum atomic E-state index is 0.401. The molecule has 1 aromatic heterocycles. The maximum absolute atomic E-state index is 5.99. The van der Waals surface area contributed by atoms with Crippen LogP contribution in [0.5, 0.6) is 5.75 Å². The van der Waals surface area contributed by atoms with Crippen LogP contribution in [-0.2, 0) is 13.2 Å². The van der Waals surface area contributed by atoms with E-state index in [0.717, 1.165) is 32.4 Å². The van der Waals surface area contributed by atoms with Gasteiger partial charge in [-0.2, -0.15) is 0 Å². The van der Waals surface area contributed by atoms with Crippen LogP contribution in [0.2, 0.25) is 0 Å². The van der Waals surface area contributed by atoms with Crippen LogP contribution >= 0.6 is 15.9 Å². The Morgan fingerprint density at radius 2 is 1.90 bits per heavy atom. The molecule has 0 amide bonds. The summed E-state index contributed by atoms with van der Waals surface area (Å²) >= 11 is 3.47. The third kappa shape index (κ3) is 3.23. The molecule has 106 valence electrons. The lowest BCUT2D eigenvalue weighted by atomic mass is 10.1. The van der Waals surface area contributed by atoms with Gasteiger partial charge in [-0.1, -0.05) is 40.2 Å². The first-order valence-corrected chi connectivity index (χ1v) is 7.51. The van der Waals surface area contributed by atoms with E-state index in [9.17, 15) is 0 Å². The number of benzene rings is 2. The van der Waals surface area contributed by atoms with Crippen LogP contribution in [-0.4, -0.2) is 4.98 Å². The molecule has 3 rings (SSSR count). The van der Waals surface area contributed by atoms with Crippen molar-refractivity contribution in [1.82, 2.24) is 4.98 Å². The predicted molar refractivity (Wildman–Crippen MR) is 88.1 cm³/mol. The number of halogens is 1. The minimum absolute atomic E-state index is 0.401. The van der Waals surface area contributed by atoms with Gasteiger partial charge in [0.05, 0.1) is 11.2 Å². The van der Waals surface area contributed by atoms with Gasteiger partial charge in [0.2, 0.25) is 0 Å². The molecule has 2 aromatic carbocycles. The first-order chi connectivity index (χ1) is 10.3. The van der Waals surface area contributed by atoms with Crippen LogP contribution in [0.4, 0.5) is 0 Å². The summed E-state index contributed by atoms with van der Waals surface area (Å²) in [7, 11) is 0. The molecule has 0 bridgehead atoms. The van der Waals surface area contributed by atoms with Crippen LogP contribution in [0.25, 0.3) is 10.9 Å². The van der Waals surface area contributed by atoms with Gasteiger partial charge in [-0.3, -0.25) is 4.98 Å². The number of aromatic nitrogens is 1. The van der Waals surface area contributed by atoms with Crippen LogP contribution < -0.4 is 10.5 Å². The van der Waals surface area contributed by atoms with Crippen molar-refractivity contribution in [2.24, 2.45) is 5.73 Å². The van der Waals surface area contributed by atoms with Gasteiger partial charge in [0.15, 0.2) is 0 Å². The van der Waals surface area contributed by atoms with Gasteiger partial charge >= 0.3 is 0 Å². The second-order valence-corrected chi connectivity index (χ2v) is 5.67. The molecule has 0 aliphatic carbocycles. The van der Waals surface area contributed by atoms with Crippen molar-refractivity contribution in [3.05, 3.63) is 70.3 Å². The van der Waals surface area contributed by atoms with Crippen LogP contribution in [0.15, 0.2) is 59.1 Å². The van der Waals surface area contributed by atoms with Crippen molar-refractivity contribution in [3.8, 4) is 5.75 Å². The maximum Gasteiger partial charge on any atom is 0.131 e. The van der Waals surface area contributed by atoms with Crippen molar-refractivity contribution in [1.29, 1.82) is 0 Å². The van der Waals surface area contributed by atoms with E-state index in [-0.39, 0.29) is 0 Å². The van der Waals surface area contributed by atoms with Gasteiger partial charge < -0.3 is 10.5 Å². The molecule has 21 heavy (non-hydrogen) atoms. The molecule has 3 nitrogen and oxygen atoms in total. The summed E-state index contributed by atoms with van der Waals surface area (Å²) in [5.74, 6) is 0.820. The molecule has 0 spiro atoms. The molecule has 3 aromatic rings. The van der Waals surface area contributed by atoms with Crippen LogP contribution in [0, 0.1) is 0 Å². The maximum atomic E-state index is 5.99. The number of rotatable bonds is 4. The van der Waals surface area contributed by atoms with Crippen molar-refractivity contribution in [2.75, 3.05) is 0 Å². The van der Waals surface area contributed by atoms with Crippen molar-refractivity contribution in [3.63, 3.8) is 0 Å². The third-order valence-corrected chi connectivity index (χ3v) is 3.72. The molecule has 0 saturated heterocycles. The highest BCUT2D eigenvalue weighted by atomic mass is 79.9. The van der Waals surface area contributed by atoms with Gasteiger partial charge in [-0.05, 0) is 29.8 Å². The zero-order valence-corrected chi connectivity index (χ0v) is 13.0. The highest BCUT2D eigenvalue weighted by Crippen LogP contribution is 2.26. The summed E-state index contributed by atoms with van der Waals surface area (Å²) in [6.07, 6.45) is 0. The largest absolute Gasteiger partial charge is 0.488 e. The minimum Gasteiger partial charge on any atom is -0.488 e. The third-order valence-electron chi connectivity index (χ3n) is 3.22. The first-order valence-electron chi connectivity index (χ1n) is 6.72. The van der Waals surface area contributed by atoms with Crippen molar-refractivity contribution in [2.45, 2.75) is 13.2 Å². The molecular weight excluding hydrogens is 328 g/mol. The second-order valence-electron chi connectivity index (χ2n) is 4.75. The Balaban J connectivity index is 1.92. The molecule has 4 heteroatoms. The van der Waals surface area contributed by atoms with Gasteiger partial charge in [-0.15, -0.1) is 0 Å². The molecule has 0 fully saturated rings. The highest BCUT2D eigenvalue weighted by Gasteiger charge is 2.06. The summed E-state index contributed by atoms with van der Waals surface area (Å²) in [6, 6.07) is 17.9. The lowest BCUT2D eigenvalue weighted by Gasteiger charge is -2.11. The van der Waals surface area contributed by atoms with E-state index in [2.05, 4.69) is 20.9 Å². The number of nitrogens with zero attached hydrogens (tertiary/aromatic N) is 1. The number of para-hydroxylation sites is 1. The Kier molecular flexibility index (Phi) is 4.18. The molecule has 1 heterocycles. The number of fused-ring (bicyclic) bond motifs is 1. The Labute approximate surface area is 131 Å². The smallest absolute Gasteiger partial charge is 0.131 e. The second kappa shape index (κ2) is 6.24. The fourth-order valence-corrected chi connectivity index (χ4v) is 2.65. The van der Waals surface area contributed by atoms with Crippen LogP contribution in [0.1, 0.15) is 11.3 Å². The number of nitrogens with two attached hydrogens (primary N) is 1. The standard InChI is InChI=1S/C17H15BrN2O/c18-13-5-3-4-12(8-13)11-21-17-9-14(10-19)20-16-7-2-1-6-15(16)17/h1-9H,10-11,19H2. The van der Waals surface area contributed by atoms with E-state index in [4.69, 9.17) is 10.5 Å².